The summed E-state index contributed by atoms with van der Waals surface area (Å²) in [4.78, 5) is 2.62. The highest BCUT2D eigenvalue weighted by atomic mass is 32.1. The van der Waals surface area contributed by atoms with E-state index in [1.165, 1.54) is 9.75 Å². The number of hydrogen-bond donors (Lipinski definition) is 2. The van der Waals surface area contributed by atoms with Gasteiger partial charge in [-0.3, -0.25) is 0 Å². The van der Waals surface area contributed by atoms with Gasteiger partial charge < -0.3 is 15.2 Å². The normalized spacial score (nSPS) is 15.0. The van der Waals surface area contributed by atoms with Crippen LogP contribution in [0, 0.1) is 6.92 Å². The topological polar surface area (TPSA) is 41.5 Å². The van der Waals surface area contributed by atoms with Crippen molar-refractivity contribution in [3.63, 3.8) is 0 Å². The van der Waals surface area contributed by atoms with Crippen LogP contribution in [0.4, 0.5) is 0 Å². The largest absolute Gasteiger partial charge is 0.389 e. The third-order valence-electron chi connectivity index (χ3n) is 2.36. The first-order chi connectivity index (χ1) is 7.63. The lowest BCUT2D eigenvalue weighted by molar-refractivity contribution is 0.0417. The maximum atomic E-state index is 9.60. The van der Waals surface area contributed by atoms with Gasteiger partial charge in [-0.2, -0.15) is 0 Å². The van der Waals surface area contributed by atoms with Crippen molar-refractivity contribution in [2.45, 2.75) is 32.9 Å². The van der Waals surface area contributed by atoms with Gasteiger partial charge in [-0.1, -0.05) is 0 Å². The molecule has 0 saturated heterocycles. The van der Waals surface area contributed by atoms with Crippen LogP contribution in [0.3, 0.4) is 0 Å². The SMILES string of the molecule is CCOCC(O)CNC(C)c1ccc(C)s1. The van der Waals surface area contributed by atoms with Gasteiger partial charge in [-0.05, 0) is 32.9 Å². The molecule has 0 fully saturated rings. The van der Waals surface area contributed by atoms with Gasteiger partial charge in [0.05, 0.1) is 12.7 Å². The fourth-order valence-corrected chi connectivity index (χ4v) is 2.32. The van der Waals surface area contributed by atoms with Crippen LogP contribution in [0.25, 0.3) is 0 Å². The van der Waals surface area contributed by atoms with Crippen molar-refractivity contribution in [2.75, 3.05) is 19.8 Å². The van der Waals surface area contributed by atoms with E-state index < -0.39 is 6.10 Å². The molecule has 2 atom stereocenters. The molecule has 3 nitrogen and oxygen atoms in total. The van der Waals surface area contributed by atoms with Crippen LogP contribution in [0.5, 0.6) is 0 Å². The van der Waals surface area contributed by atoms with Gasteiger partial charge in [0.1, 0.15) is 0 Å². The molecule has 0 aromatic carbocycles. The standard InChI is InChI=1S/C12H21NO2S/c1-4-15-8-11(14)7-13-10(3)12-6-5-9(2)16-12/h5-6,10-11,13-14H,4,7-8H2,1-3H3. The molecule has 0 bridgehead atoms. The molecule has 0 aliphatic heterocycles. The Bertz CT molecular complexity index is 301. The van der Waals surface area contributed by atoms with Crippen molar-refractivity contribution < 1.29 is 9.84 Å². The second kappa shape index (κ2) is 7.01. The Kier molecular flexibility index (Phi) is 5.98. The summed E-state index contributed by atoms with van der Waals surface area (Å²) >= 11 is 1.79. The number of aliphatic hydroxyl groups excluding tert-OH is 1. The summed E-state index contributed by atoms with van der Waals surface area (Å²) in [6, 6.07) is 4.54. The molecule has 4 heteroatoms. The van der Waals surface area contributed by atoms with Crippen LogP contribution >= 0.6 is 11.3 Å². The van der Waals surface area contributed by atoms with E-state index in [2.05, 4.69) is 31.3 Å². The first-order valence-corrected chi connectivity index (χ1v) is 6.50. The highest BCUT2D eigenvalue weighted by Crippen LogP contribution is 2.21. The van der Waals surface area contributed by atoms with E-state index in [1.54, 1.807) is 11.3 Å². The molecule has 0 spiro atoms. The molecular weight excluding hydrogens is 222 g/mol. The summed E-state index contributed by atoms with van der Waals surface area (Å²) in [5.74, 6) is 0. The Morgan fingerprint density at radius 2 is 2.25 bits per heavy atom. The van der Waals surface area contributed by atoms with Gasteiger partial charge in [0, 0.05) is 28.9 Å². The predicted octanol–water partition coefficient (Wildman–Crippen LogP) is 2.10. The quantitative estimate of drug-likeness (QED) is 0.770. The number of aryl methyl sites for hydroxylation is 1. The summed E-state index contributed by atoms with van der Waals surface area (Å²) in [5.41, 5.74) is 0. The first kappa shape index (κ1) is 13.6. The van der Waals surface area contributed by atoms with Crippen LogP contribution < -0.4 is 5.32 Å². The molecule has 2 N–H and O–H groups in total. The van der Waals surface area contributed by atoms with Gasteiger partial charge in [0.2, 0.25) is 0 Å². The molecule has 0 radical (unpaired) electrons. The Morgan fingerprint density at radius 3 is 2.81 bits per heavy atom. The number of aliphatic hydroxyl groups is 1. The van der Waals surface area contributed by atoms with E-state index in [-0.39, 0.29) is 6.04 Å². The van der Waals surface area contributed by atoms with Crippen LogP contribution in [0.15, 0.2) is 12.1 Å². The predicted molar refractivity (Wildman–Crippen MR) is 68.0 cm³/mol. The lowest BCUT2D eigenvalue weighted by Crippen LogP contribution is -2.31. The minimum atomic E-state index is -0.427. The Hall–Kier alpha value is -0.420. The zero-order valence-electron chi connectivity index (χ0n) is 10.2. The van der Waals surface area contributed by atoms with Crippen molar-refractivity contribution in [3.05, 3.63) is 21.9 Å². The van der Waals surface area contributed by atoms with Gasteiger partial charge >= 0.3 is 0 Å². The van der Waals surface area contributed by atoms with E-state index in [9.17, 15) is 5.11 Å². The van der Waals surface area contributed by atoms with Gasteiger partial charge in [0.15, 0.2) is 0 Å². The van der Waals surface area contributed by atoms with Crippen LogP contribution in [-0.2, 0) is 4.74 Å². The monoisotopic (exact) mass is 243 g/mol. The summed E-state index contributed by atoms with van der Waals surface area (Å²) in [6.45, 7) is 7.76. The minimum absolute atomic E-state index is 0.287. The van der Waals surface area contributed by atoms with E-state index in [0.717, 1.165) is 0 Å². The van der Waals surface area contributed by atoms with E-state index in [4.69, 9.17) is 4.74 Å². The third-order valence-corrected chi connectivity index (χ3v) is 3.55. The molecule has 0 aliphatic rings. The van der Waals surface area contributed by atoms with Gasteiger partial charge in [0.25, 0.3) is 0 Å². The van der Waals surface area contributed by atoms with Crippen molar-refractivity contribution in [1.82, 2.24) is 5.32 Å². The van der Waals surface area contributed by atoms with Crippen LogP contribution in [0.2, 0.25) is 0 Å². The summed E-state index contributed by atoms with van der Waals surface area (Å²) in [6.07, 6.45) is -0.427. The Labute approximate surface area is 101 Å². The first-order valence-electron chi connectivity index (χ1n) is 5.69. The molecule has 0 aliphatic carbocycles. The molecule has 0 saturated carbocycles. The molecule has 1 aromatic rings. The average Bonchev–Trinajstić information content (AvgIpc) is 2.69. The van der Waals surface area contributed by atoms with Crippen molar-refractivity contribution >= 4 is 11.3 Å². The summed E-state index contributed by atoms with van der Waals surface area (Å²) in [5, 5.41) is 12.9. The Morgan fingerprint density at radius 1 is 1.50 bits per heavy atom. The number of thiophene rings is 1. The van der Waals surface area contributed by atoms with Gasteiger partial charge in [-0.25, -0.2) is 0 Å². The second-order valence-electron chi connectivity index (χ2n) is 3.89. The molecule has 1 heterocycles. The fraction of sp³-hybridized carbons (Fsp3) is 0.667. The molecule has 2 unspecified atom stereocenters. The van der Waals surface area contributed by atoms with Crippen LogP contribution in [0.1, 0.15) is 29.6 Å². The molecule has 0 amide bonds. The Balaban J connectivity index is 2.27. The number of nitrogens with one attached hydrogen (secondary N) is 1. The smallest absolute Gasteiger partial charge is 0.0897 e. The fourth-order valence-electron chi connectivity index (χ4n) is 1.41. The minimum Gasteiger partial charge on any atom is -0.389 e. The number of rotatable bonds is 7. The second-order valence-corrected chi connectivity index (χ2v) is 5.21. The maximum absolute atomic E-state index is 9.60. The van der Waals surface area contributed by atoms with E-state index >= 15 is 0 Å². The van der Waals surface area contributed by atoms with Gasteiger partial charge in [-0.15, -0.1) is 11.3 Å². The van der Waals surface area contributed by atoms with E-state index in [0.29, 0.717) is 19.8 Å². The van der Waals surface area contributed by atoms with E-state index in [1.807, 2.05) is 6.92 Å². The van der Waals surface area contributed by atoms with Crippen LogP contribution in [-0.4, -0.2) is 31.0 Å². The van der Waals surface area contributed by atoms with Crippen molar-refractivity contribution in [3.8, 4) is 0 Å². The molecule has 92 valence electrons. The highest BCUT2D eigenvalue weighted by Gasteiger charge is 2.09. The maximum Gasteiger partial charge on any atom is 0.0897 e. The zero-order valence-corrected chi connectivity index (χ0v) is 11.0. The number of hydrogen-bond acceptors (Lipinski definition) is 4. The summed E-state index contributed by atoms with van der Waals surface area (Å²) in [7, 11) is 0. The lowest BCUT2D eigenvalue weighted by Gasteiger charge is -2.16. The third kappa shape index (κ3) is 4.61. The van der Waals surface area contributed by atoms with Crippen molar-refractivity contribution in [1.29, 1.82) is 0 Å². The molecular formula is C12H21NO2S. The molecule has 1 rings (SSSR count). The van der Waals surface area contributed by atoms with Crippen molar-refractivity contribution in [2.24, 2.45) is 0 Å². The average molecular weight is 243 g/mol. The molecule has 16 heavy (non-hydrogen) atoms. The number of ether oxygens (including phenoxy) is 1. The molecule has 1 aromatic heterocycles. The highest BCUT2D eigenvalue weighted by molar-refractivity contribution is 7.12. The zero-order chi connectivity index (χ0) is 12.0. The lowest BCUT2D eigenvalue weighted by atomic mass is 10.2. The summed E-state index contributed by atoms with van der Waals surface area (Å²) < 4.78 is 5.15.